The maximum atomic E-state index is 12.5. The number of anilines is 1. The molecule has 0 amide bonds. The van der Waals surface area contributed by atoms with Gasteiger partial charge in [0.25, 0.3) is 0 Å². The van der Waals surface area contributed by atoms with Crippen molar-refractivity contribution in [2.75, 3.05) is 24.5 Å². The van der Waals surface area contributed by atoms with Gasteiger partial charge < -0.3 is 19.9 Å². The van der Waals surface area contributed by atoms with Crippen molar-refractivity contribution in [3.05, 3.63) is 24.5 Å². The zero-order valence-corrected chi connectivity index (χ0v) is 13.2. The topological polar surface area (TPSA) is 70.2 Å². The predicted octanol–water partition coefficient (Wildman–Crippen LogP) is 1.68. The van der Waals surface area contributed by atoms with Crippen LogP contribution in [0.1, 0.15) is 20.8 Å². The van der Waals surface area contributed by atoms with Crippen LogP contribution in [0, 0.1) is 0 Å². The van der Waals surface area contributed by atoms with Gasteiger partial charge in [-0.05, 0) is 32.9 Å². The van der Waals surface area contributed by atoms with Crippen LogP contribution in [0.3, 0.4) is 0 Å². The van der Waals surface area contributed by atoms with E-state index in [2.05, 4.69) is 15.3 Å². The number of nitrogens with one attached hydrogen (secondary N) is 2. The van der Waals surface area contributed by atoms with Crippen molar-refractivity contribution in [1.29, 1.82) is 0 Å². The Morgan fingerprint density at radius 3 is 3.00 bits per heavy atom. The van der Waals surface area contributed by atoms with Gasteiger partial charge in [-0.1, -0.05) is 0 Å². The van der Waals surface area contributed by atoms with E-state index in [9.17, 15) is 4.79 Å². The fourth-order valence-electron chi connectivity index (χ4n) is 2.72. The molecule has 2 aromatic heterocycles. The quantitative estimate of drug-likeness (QED) is 0.826. The summed E-state index contributed by atoms with van der Waals surface area (Å²) in [6.45, 7) is 7.75. The second kappa shape index (κ2) is 5.61. The highest BCUT2D eigenvalue weighted by Crippen LogP contribution is 2.26. The van der Waals surface area contributed by atoms with Gasteiger partial charge in [-0.2, -0.15) is 0 Å². The van der Waals surface area contributed by atoms with Crippen LogP contribution in [-0.2, 0) is 9.53 Å². The van der Waals surface area contributed by atoms with Gasteiger partial charge in [-0.3, -0.25) is 0 Å². The average Bonchev–Trinajstić information content (AvgIpc) is 2.93. The summed E-state index contributed by atoms with van der Waals surface area (Å²) in [4.78, 5) is 22.3. The molecule has 1 aliphatic rings. The van der Waals surface area contributed by atoms with Gasteiger partial charge in [0, 0.05) is 37.4 Å². The first kappa shape index (κ1) is 14.8. The van der Waals surface area contributed by atoms with E-state index in [1.165, 1.54) is 0 Å². The first-order chi connectivity index (χ1) is 10.5. The molecule has 2 aromatic rings. The molecular formula is C16H22N4O2. The third-order valence-electron chi connectivity index (χ3n) is 3.65. The minimum atomic E-state index is -0.494. The molecule has 1 aliphatic heterocycles. The van der Waals surface area contributed by atoms with E-state index in [4.69, 9.17) is 4.74 Å². The number of hydrogen-bond acceptors (Lipinski definition) is 5. The SMILES string of the molecule is CC(C)(C)OC(=O)C1CNCCN1c1nccc2cc[nH]c12. The third-order valence-corrected chi connectivity index (χ3v) is 3.65. The smallest absolute Gasteiger partial charge is 0.330 e. The Morgan fingerprint density at radius 1 is 1.41 bits per heavy atom. The minimum Gasteiger partial charge on any atom is -0.458 e. The van der Waals surface area contributed by atoms with E-state index in [1.807, 2.05) is 44.0 Å². The number of aromatic nitrogens is 2. The van der Waals surface area contributed by atoms with E-state index in [0.29, 0.717) is 6.54 Å². The van der Waals surface area contributed by atoms with Crippen molar-refractivity contribution in [3.8, 4) is 0 Å². The predicted molar refractivity (Wildman–Crippen MR) is 85.9 cm³/mol. The highest BCUT2D eigenvalue weighted by Gasteiger charge is 2.34. The number of carbonyl (C=O) groups excluding carboxylic acids is 1. The molecule has 1 unspecified atom stereocenters. The molecule has 22 heavy (non-hydrogen) atoms. The molecule has 1 fully saturated rings. The summed E-state index contributed by atoms with van der Waals surface area (Å²) in [7, 11) is 0. The number of esters is 1. The maximum Gasteiger partial charge on any atom is 0.330 e. The summed E-state index contributed by atoms with van der Waals surface area (Å²) in [5.41, 5.74) is 0.462. The molecule has 6 heteroatoms. The summed E-state index contributed by atoms with van der Waals surface area (Å²) in [5.74, 6) is 0.588. The van der Waals surface area contributed by atoms with Gasteiger partial charge in [-0.25, -0.2) is 9.78 Å². The highest BCUT2D eigenvalue weighted by atomic mass is 16.6. The fourth-order valence-corrected chi connectivity index (χ4v) is 2.72. The Morgan fingerprint density at radius 2 is 2.23 bits per heavy atom. The van der Waals surface area contributed by atoms with Crippen LogP contribution in [0.25, 0.3) is 10.9 Å². The van der Waals surface area contributed by atoms with Crippen LogP contribution < -0.4 is 10.2 Å². The van der Waals surface area contributed by atoms with Crippen LogP contribution in [-0.4, -0.2) is 47.2 Å². The molecule has 3 rings (SSSR count). The molecule has 3 heterocycles. The lowest BCUT2D eigenvalue weighted by Crippen LogP contribution is -2.56. The number of fused-ring (bicyclic) bond motifs is 1. The van der Waals surface area contributed by atoms with Crippen molar-refractivity contribution in [3.63, 3.8) is 0 Å². The fraction of sp³-hybridized carbons (Fsp3) is 0.500. The van der Waals surface area contributed by atoms with E-state index >= 15 is 0 Å². The number of aromatic amines is 1. The molecule has 0 aromatic carbocycles. The van der Waals surface area contributed by atoms with Crippen molar-refractivity contribution < 1.29 is 9.53 Å². The lowest BCUT2D eigenvalue weighted by atomic mass is 10.1. The molecule has 6 nitrogen and oxygen atoms in total. The number of ether oxygens (including phenoxy) is 1. The molecule has 2 N–H and O–H groups in total. The second-order valence-corrected chi connectivity index (χ2v) is 6.52. The molecule has 0 aliphatic carbocycles. The average molecular weight is 302 g/mol. The number of H-pyrrole nitrogens is 1. The summed E-state index contributed by atoms with van der Waals surface area (Å²) in [5, 5.41) is 4.35. The number of hydrogen-bond donors (Lipinski definition) is 2. The molecule has 1 saturated heterocycles. The van der Waals surface area contributed by atoms with Crippen molar-refractivity contribution in [1.82, 2.24) is 15.3 Å². The standard InChI is InChI=1S/C16H22N4O2/c1-16(2,3)22-15(21)12-10-17-8-9-20(12)14-13-11(4-6-18-13)5-7-19-14/h4-7,12,17-18H,8-10H2,1-3H3. The lowest BCUT2D eigenvalue weighted by Gasteiger charge is -2.37. The molecule has 0 saturated carbocycles. The van der Waals surface area contributed by atoms with Crippen molar-refractivity contribution >= 4 is 22.7 Å². The summed E-state index contributed by atoms with van der Waals surface area (Å²) in [6, 6.07) is 3.60. The monoisotopic (exact) mass is 302 g/mol. The number of nitrogens with zero attached hydrogens (tertiary/aromatic N) is 2. The van der Waals surface area contributed by atoms with Gasteiger partial charge in [-0.15, -0.1) is 0 Å². The van der Waals surface area contributed by atoms with Crippen LogP contribution >= 0.6 is 0 Å². The molecular weight excluding hydrogens is 280 g/mol. The van der Waals surface area contributed by atoms with E-state index < -0.39 is 5.60 Å². The maximum absolute atomic E-state index is 12.5. The van der Waals surface area contributed by atoms with E-state index in [0.717, 1.165) is 29.8 Å². The van der Waals surface area contributed by atoms with Gasteiger partial charge >= 0.3 is 5.97 Å². The van der Waals surface area contributed by atoms with Crippen molar-refractivity contribution in [2.45, 2.75) is 32.4 Å². The second-order valence-electron chi connectivity index (χ2n) is 6.52. The van der Waals surface area contributed by atoms with Crippen LogP contribution in [0.15, 0.2) is 24.5 Å². The largest absolute Gasteiger partial charge is 0.458 e. The Balaban J connectivity index is 1.93. The van der Waals surface area contributed by atoms with E-state index in [1.54, 1.807) is 6.20 Å². The van der Waals surface area contributed by atoms with Crippen molar-refractivity contribution in [2.24, 2.45) is 0 Å². The third kappa shape index (κ3) is 2.92. The first-order valence-electron chi connectivity index (χ1n) is 7.58. The zero-order chi connectivity index (χ0) is 15.7. The summed E-state index contributed by atoms with van der Waals surface area (Å²) >= 11 is 0. The van der Waals surface area contributed by atoms with Gasteiger partial charge in [0.2, 0.25) is 0 Å². The van der Waals surface area contributed by atoms with Crippen LogP contribution in [0.2, 0.25) is 0 Å². The molecule has 118 valence electrons. The highest BCUT2D eigenvalue weighted by molar-refractivity contribution is 5.91. The Labute approximate surface area is 129 Å². The van der Waals surface area contributed by atoms with Gasteiger partial charge in [0.1, 0.15) is 11.6 Å². The van der Waals surface area contributed by atoms with Crippen LogP contribution in [0.5, 0.6) is 0 Å². The molecule has 0 spiro atoms. The Bertz CT molecular complexity index is 674. The molecule has 0 bridgehead atoms. The number of carbonyl (C=O) groups is 1. The van der Waals surface area contributed by atoms with Gasteiger partial charge in [0.15, 0.2) is 5.82 Å². The summed E-state index contributed by atoms with van der Waals surface area (Å²) in [6.07, 6.45) is 3.67. The summed E-state index contributed by atoms with van der Waals surface area (Å²) < 4.78 is 5.56. The number of rotatable bonds is 2. The Kier molecular flexibility index (Phi) is 3.78. The molecule has 1 atom stereocenters. The van der Waals surface area contributed by atoms with Gasteiger partial charge in [0.05, 0.1) is 5.52 Å². The normalized spacial score (nSPS) is 19.4. The Hall–Kier alpha value is -2.08. The zero-order valence-electron chi connectivity index (χ0n) is 13.2. The molecule has 0 radical (unpaired) electrons. The number of pyridine rings is 1. The minimum absolute atomic E-state index is 0.218. The van der Waals surface area contributed by atoms with Crippen LogP contribution in [0.4, 0.5) is 5.82 Å². The lowest BCUT2D eigenvalue weighted by molar-refractivity contribution is -0.156. The first-order valence-corrected chi connectivity index (χ1v) is 7.58. The van der Waals surface area contributed by atoms with E-state index in [-0.39, 0.29) is 12.0 Å². The number of piperazine rings is 1.